The quantitative estimate of drug-likeness (QED) is 0.560. The Hall–Kier alpha value is -0.465. The number of nitrogens with zero attached hydrogens (tertiary/aromatic N) is 2. The summed E-state index contributed by atoms with van der Waals surface area (Å²) in [6.07, 6.45) is 0. The van der Waals surface area contributed by atoms with Gasteiger partial charge >= 0.3 is 80.1 Å². The van der Waals surface area contributed by atoms with E-state index in [0.29, 0.717) is 5.92 Å². The molecule has 0 atom stereocenters. The van der Waals surface area contributed by atoms with Crippen molar-refractivity contribution >= 4 is 44.6 Å². The molecule has 0 unspecified atom stereocenters. The van der Waals surface area contributed by atoms with Crippen LogP contribution in [0.25, 0.3) is 10.6 Å². The van der Waals surface area contributed by atoms with Crippen LogP contribution in [0.3, 0.4) is 0 Å². The Labute approximate surface area is 80.6 Å². The molecule has 0 fully saturated rings. The van der Waals surface area contributed by atoms with Crippen LogP contribution in [-0.4, -0.2) is 43.9 Å². The van der Waals surface area contributed by atoms with Gasteiger partial charge in [0, 0.05) is 0 Å². The van der Waals surface area contributed by atoms with E-state index in [2.05, 4.69) is 23.7 Å². The SMILES string of the molecule is CC(C)c1nbc2bbbbc2n1. The maximum absolute atomic E-state index is 4.46. The molecule has 0 saturated carbocycles. The first-order valence-electron chi connectivity index (χ1n) is 4.49. The van der Waals surface area contributed by atoms with Crippen molar-refractivity contribution < 1.29 is 0 Å². The first-order chi connectivity index (χ1) is 6.27. The predicted molar refractivity (Wildman–Crippen MR) is 60.4 cm³/mol. The summed E-state index contributed by atoms with van der Waals surface area (Å²) >= 11 is 0. The van der Waals surface area contributed by atoms with Gasteiger partial charge in [0.1, 0.15) is 0 Å². The fraction of sp³-hybridized carbons (Fsp3) is 0.500. The average Bonchev–Trinajstić information content (AvgIpc) is 2.17. The molecule has 2 heterocycles. The molecule has 2 rings (SSSR count). The fourth-order valence-corrected chi connectivity index (χ4v) is 1.26. The van der Waals surface area contributed by atoms with Crippen LogP contribution in [0.5, 0.6) is 0 Å². The number of hydrogen-bond acceptors (Lipinski definition) is 2. The van der Waals surface area contributed by atoms with E-state index >= 15 is 0 Å². The first kappa shape index (κ1) is 9.10. The van der Waals surface area contributed by atoms with Gasteiger partial charge in [-0.25, -0.2) is 0 Å². The van der Waals surface area contributed by atoms with Gasteiger partial charge in [-0.15, -0.1) is 0 Å². The Kier molecular flexibility index (Phi) is 2.61. The molecule has 0 amide bonds. The second-order valence-electron chi connectivity index (χ2n) is 3.44. The maximum atomic E-state index is 4.46. The number of fused-ring (bicyclic) bond motifs is 1. The van der Waals surface area contributed by atoms with Gasteiger partial charge in [0.15, 0.2) is 0 Å². The van der Waals surface area contributed by atoms with Crippen LogP contribution in [0.1, 0.15) is 25.6 Å². The zero-order valence-corrected chi connectivity index (χ0v) is 7.86. The Morgan fingerprint density at radius 2 is 1.92 bits per heavy atom. The summed E-state index contributed by atoms with van der Waals surface area (Å²) in [4.78, 5) is 8.76. The Bertz CT molecular complexity index is 432. The van der Waals surface area contributed by atoms with Gasteiger partial charge in [0.05, 0.1) is 0 Å². The minimum atomic E-state index is 0.393. The van der Waals surface area contributed by atoms with Gasteiger partial charge in [-0.2, -0.15) is 0 Å². The Balaban J connectivity index is 2.62. The first-order valence-corrected chi connectivity index (χ1v) is 4.49. The zero-order chi connectivity index (χ0) is 9.26. The molecular formula is C6H7B5N2. The van der Waals surface area contributed by atoms with Gasteiger partial charge in [-0.1, -0.05) is 0 Å². The minimum absolute atomic E-state index is 0.393. The van der Waals surface area contributed by atoms with Crippen molar-refractivity contribution in [2.24, 2.45) is 0 Å². The van der Waals surface area contributed by atoms with E-state index in [-0.39, 0.29) is 0 Å². The van der Waals surface area contributed by atoms with Crippen molar-refractivity contribution in [2.75, 3.05) is 0 Å². The fourth-order valence-electron chi connectivity index (χ4n) is 1.26. The van der Waals surface area contributed by atoms with Gasteiger partial charge in [0.25, 0.3) is 0 Å². The molecule has 0 aliphatic rings. The van der Waals surface area contributed by atoms with E-state index in [1.54, 1.807) is 0 Å². The van der Waals surface area contributed by atoms with Gasteiger partial charge in [-0.3, -0.25) is 0 Å². The van der Waals surface area contributed by atoms with Crippen molar-refractivity contribution in [1.82, 2.24) is 9.88 Å². The van der Waals surface area contributed by atoms with Crippen molar-refractivity contribution in [2.45, 2.75) is 19.8 Å². The standard InChI is InChI=1S/C6H7B5N2/c1-3(2)6-12-5-4(9-13-6)7-10-11-8-5/h3H,1-2H3. The molecule has 2 nitrogen and oxygen atoms in total. The molecule has 0 bridgehead atoms. The molecular weight excluding hydrogens is 154 g/mol. The van der Waals surface area contributed by atoms with Crippen molar-refractivity contribution in [3.8, 4) is 0 Å². The third-order valence-corrected chi connectivity index (χ3v) is 2.02. The molecule has 0 spiro atoms. The van der Waals surface area contributed by atoms with E-state index in [1.165, 1.54) is 0 Å². The van der Waals surface area contributed by atoms with Crippen LogP contribution < -0.4 is 0 Å². The molecule has 0 N–H and O–H groups in total. The van der Waals surface area contributed by atoms with Crippen LogP contribution in [-0.2, 0) is 0 Å². The number of hydrogen-bond donors (Lipinski definition) is 0. The van der Waals surface area contributed by atoms with Crippen LogP contribution in [0, 0.1) is 0 Å². The van der Waals surface area contributed by atoms with Crippen LogP contribution >= 0.6 is 0 Å². The van der Waals surface area contributed by atoms with Crippen molar-refractivity contribution in [3.63, 3.8) is 0 Å². The van der Waals surface area contributed by atoms with E-state index in [1.807, 2.05) is 34.0 Å². The number of aromatic nitrogens is 2. The predicted octanol–water partition coefficient (Wildman–Crippen LogP) is -0.556. The third-order valence-electron chi connectivity index (χ3n) is 2.02. The van der Waals surface area contributed by atoms with Crippen molar-refractivity contribution in [1.29, 1.82) is 0 Å². The Morgan fingerprint density at radius 3 is 2.69 bits per heavy atom. The summed E-state index contributed by atoms with van der Waals surface area (Å²) in [6.45, 7) is 12.2. The van der Waals surface area contributed by atoms with E-state index in [4.69, 9.17) is 0 Å². The Morgan fingerprint density at radius 1 is 1.15 bits per heavy atom. The molecule has 0 radical (unpaired) electrons. The van der Waals surface area contributed by atoms with Gasteiger partial charge in [-0.05, 0) is 0 Å². The molecule has 2 aromatic heterocycles. The van der Waals surface area contributed by atoms with Gasteiger partial charge in [0.2, 0.25) is 0 Å². The zero-order valence-electron chi connectivity index (χ0n) is 7.86. The summed E-state index contributed by atoms with van der Waals surface area (Å²) in [5.41, 5.74) is 1.03. The summed E-state index contributed by atoms with van der Waals surface area (Å²) in [5.74, 6) is 1.31. The topological polar surface area (TPSA) is 25.8 Å². The molecule has 2 aromatic rings. The monoisotopic (exact) mass is 162 g/mol. The molecule has 7 heteroatoms. The van der Waals surface area contributed by atoms with E-state index in [0.717, 1.165) is 16.4 Å². The summed E-state index contributed by atoms with van der Waals surface area (Å²) < 4.78 is 0. The van der Waals surface area contributed by atoms with Crippen LogP contribution in [0.4, 0.5) is 0 Å². The summed E-state index contributed by atoms with van der Waals surface area (Å²) in [7, 11) is 1.89. The van der Waals surface area contributed by atoms with E-state index < -0.39 is 0 Å². The second-order valence-corrected chi connectivity index (χ2v) is 3.44. The molecule has 0 aromatic carbocycles. The summed E-state index contributed by atoms with van der Waals surface area (Å²) in [5, 5.41) is 1.10. The van der Waals surface area contributed by atoms with Gasteiger partial charge < -0.3 is 0 Å². The third kappa shape index (κ3) is 1.89. The molecule has 0 saturated heterocycles. The number of rotatable bonds is 1. The molecule has 13 heavy (non-hydrogen) atoms. The summed E-state index contributed by atoms with van der Waals surface area (Å²) in [6, 6.07) is 0. The average molecular weight is 161 g/mol. The van der Waals surface area contributed by atoms with Crippen LogP contribution in [0.15, 0.2) is 0 Å². The van der Waals surface area contributed by atoms with Crippen molar-refractivity contribution in [3.05, 3.63) is 5.82 Å². The molecule has 0 aliphatic carbocycles. The molecule has 0 aliphatic heterocycles. The van der Waals surface area contributed by atoms with E-state index in [9.17, 15) is 0 Å². The van der Waals surface area contributed by atoms with Crippen LogP contribution in [0.2, 0.25) is 0 Å². The molecule has 56 valence electrons. The normalized spacial score (nSPS) is 9.46. The second kappa shape index (κ2) is 3.73.